The second-order valence-electron chi connectivity index (χ2n) is 15.4. The highest BCUT2D eigenvalue weighted by atomic mass is 32.2. The maximum absolute atomic E-state index is 14.4. The molecule has 50 heavy (non-hydrogen) atoms. The second kappa shape index (κ2) is 14.2. The summed E-state index contributed by atoms with van der Waals surface area (Å²) in [6, 6.07) is 3.73. The molecule has 274 valence electrons. The number of piperidine rings is 1. The summed E-state index contributed by atoms with van der Waals surface area (Å²) in [5.74, 6) is 0.565. The van der Waals surface area contributed by atoms with Gasteiger partial charge in [0.05, 0.1) is 42.7 Å². The van der Waals surface area contributed by atoms with Gasteiger partial charge in [-0.2, -0.15) is 0 Å². The molecule has 7 rings (SSSR count). The summed E-state index contributed by atoms with van der Waals surface area (Å²) in [6.45, 7) is 14.7. The third-order valence-corrected chi connectivity index (χ3v) is 12.1. The van der Waals surface area contributed by atoms with Crippen LogP contribution in [-0.4, -0.2) is 132 Å². The summed E-state index contributed by atoms with van der Waals surface area (Å²) in [4.78, 5) is 28.7. The number of likely N-dealkylation sites (tertiary alicyclic amines) is 1. The van der Waals surface area contributed by atoms with E-state index in [0.717, 1.165) is 71.4 Å². The Bertz CT molecular complexity index is 1590. The molecule has 1 amide bonds. The lowest BCUT2D eigenvalue weighted by Crippen LogP contribution is -2.73. The zero-order valence-corrected chi connectivity index (χ0v) is 30.4. The number of amides is 1. The van der Waals surface area contributed by atoms with Crippen LogP contribution in [0.3, 0.4) is 0 Å². The van der Waals surface area contributed by atoms with Crippen molar-refractivity contribution < 1.29 is 31.8 Å². The number of thiol groups is 1. The topological polar surface area (TPSA) is 121 Å². The number of hydrogen-bond donors (Lipinski definition) is 1. The van der Waals surface area contributed by atoms with Crippen LogP contribution >= 0.6 is 0 Å². The van der Waals surface area contributed by atoms with E-state index in [9.17, 15) is 17.6 Å². The van der Waals surface area contributed by atoms with Crippen molar-refractivity contribution in [2.75, 3.05) is 63.9 Å². The zero-order chi connectivity index (χ0) is 35.2. The number of rotatable bonds is 11. The molecule has 5 saturated heterocycles. The SMILES string of the molecule is CC(C)N(C(=O)c1cc(F)ccc1Oc1cncnc1N1CC2(CCN(C[C@@H]3CC[C@@H](N(N4CC5(CCO5)C4)[SH](=O)=O)CO3)CC2)C1)C(C)C. The van der Waals surface area contributed by atoms with Crippen LogP contribution < -0.4 is 9.64 Å². The summed E-state index contributed by atoms with van der Waals surface area (Å²) in [5.41, 5.74) is 0.217. The molecule has 0 saturated carbocycles. The summed E-state index contributed by atoms with van der Waals surface area (Å²) in [5, 5.41) is 1.90. The number of hydrazine groups is 1. The second-order valence-corrected chi connectivity index (χ2v) is 16.2. The molecule has 0 N–H and O–H groups in total. The molecule has 2 atom stereocenters. The fourth-order valence-corrected chi connectivity index (χ4v) is 9.20. The Hall–Kier alpha value is -2.95. The van der Waals surface area contributed by atoms with E-state index < -0.39 is 16.7 Å². The quantitative estimate of drug-likeness (QED) is 0.345. The van der Waals surface area contributed by atoms with Crippen LogP contribution in [0.4, 0.5) is 10.2 Å². The summed E-state index contributed by atoms with van der Waals surface area (Å²) in [7, 11) is -2.72. The predicted octanol–water partition coefficient (Wildman–Crippen LogP) is 3.33. The number of carbonyl (C=O) groups is 1. The van der Waals surface area contributed by atoms with E-state index in [2.05, 4.69) is 19.8 Å². The molecule has 0 bridgehead atoms. The Kier molecular flexibility index (Phi) is 10.1. The van der Waals surface area contributed by atoms with Gasteiger partial charge >= 0.3 is 0 Å². The van der Waals surface area contributed by atoms with E-state index in [1.54, 1.807) is 11.1 Å². The molecule has 0 radical (unpaired) electrons. The van der Waals surface area contributed by atoms with Crippen LogP contribution in [0, 0.1) is 11.2 Å². The van der Waals surface area contributed by atoms with Crippen molar-refractivity contribution in [1.29, 1.82) is 0 Å². The summed E-state index contributed by atoms with van der Waals surface area (Å²) >= 11 is 0. The van der Waals surface area contributed by atoms with Crippen molar-refractivity contribution in [3.05, 3.63) is 42.1 Å². The molecular formula is C35H50FN7O6S. The fraction of sp³-hybridized carbons (Fsp3) is 0.686. The maximum Gasteiger partial charge on any atom is 0.258 e. The Morgan fingerprint density at radius 2 is 1.78 bits per heavy atom. The van der Waals surface area contributed by atoms with E-state index in [0.29, 0.717) is 31.3 Å². The smallest absolute Gasteiger partial charge is 0.258 e. The van der Waals surface area contributed by atoms with Crippen molar-refractivity contribution in [2.24, 2.45) is 5.41 Å². The lowest BCUT2D eigenvalue weighted by molar-refractivity contribution is -0.262. The lowest BCUT2D eigenvalue weighted by atomic mass is 9.72. The summed E-state index contributed by atoms with van der Waals surface area (Å²) < 4.78 is 58.4. The van der Waals surface area contributed by atoms with Crippen molar-refractivity contribution in [1.82, 2.24) is 29.2 Å². The maximum atomic E-state index is 14.4. The summed E-state index contributed by atoms with van der Waals surface area (Å²) in [6.07, 6.45) is 7.93. The predicted molar refractivity (Wildman–Crippen MR) is 185 cm³/mol. The first-order chi connectivity index (χ1) is 23.9. The van der Waals surface area contributed by atoms with Crippen LogP contribution in [0.25, 0.3) is 0 Å². The number of benzene rings is 1. The number of halogens is 1. The molecule has 1 aromatic carbocycles. The van der Waals surface area contributed by atoms with Crippen molar-refractivity contribution >= 4 is 22.6 Å². The first-order valence-electron chi connectivity index (χ1n) is 18.0. The lowest BCUT2D eigenvalue weighted by Gasteiger charge is -2.57. The van der Waals surface area contributed by atoms with Gasteiger partial charge in [-0.05, 0) is 84.7 Å². The molecule has 2 spiro atoms. The van der Waals surface area contributed by atoms with Crippen LogP contribution in [0.2, 0.25) is 0 Å². The van der Waals surface area contributed by atoms with Gasteiger partial charge in [-0.15, -0.1) is 4.41 Å². The normalized spacial score (nSPS) is 24.9. The van der Waals surface area contributed by atoms with Crippen LogP contribution in [-0.2, 0) is 20.4 Å². The number of ether oxygens (including phenoxy) is 3. The van der Waals surface area contributed by atoms with E-state index in [-0.39, 0.29) is 52.5 Å². The van der Waals surface area contributed by atoms with E-state index in [1.165, 1.54) is 28.9 Å². The molecule has 15 heteroatoms. The van der Waals surface area contributed by atoms with Gasteiger partial charge < -0.3 is 28.9 Å². The molecule has 13 nitrogen and oxygen atoms in total. The first-order valence-corrected chi connectivity index (χ1v) is 19.1. The number of aromatic nitrogens is 2. The highest BCUT2D eigenvalue weighted by Crippen LogP contribution is 2.45. The number of carbonyl (C=O) groups excluding carboxylic acids is 1. The third-order valence-electron chi connectivity index (χ3n) is 11.2. The Balaban J connectivity index is 0.911. The number of nitrogens with zero attached hydrogens (tertiary/aromatic N) is 7. The molecular weight excluding hydrogens is 665 g/mol. The van der Waals surface area contributed by atoms with Crippen LogP contribution in [0.5, 0.6) is 11.5 Å². The van der Waals surface area contributed by atoms with Gasteiger partial charge in [-0.1, -0.05) is 0 Å². The third kappa shape index (κ3) is 7.09. The van der Waals surface area contributed by atoms with Gasteiger partial charge in [-0.25, -0.2) is 27.8 Å². The van der Waals surface area contributed by atoms with E-state index in [1.807, 2.05) is 32.7 Å². The molecule has 6 heterocycles. The molecule has 5 aliphatic heterocycles. The Morgan fingerprint density at radius 3 is 2.38 bits per heavy atom. The highest BCUT2D eigenvalue weighted by molar-refractivity contribution is 7.69. The highest BCUT2D eigenvalue weighted by Gasteiger charge is 2.53. The van der Waals surface area contributed by atoms with Gasteiger partial charge in [-0.3, -0.25) is 4.79 Å². The molecule has 1 aromatic heterocycles. The standard InChI is InChI=1S/C35H50FN7O6S/c1-24(2)42(25(3)4)33(44)29-15-26(36)5-8-30(29)49-31-16-37-23-38-32(31)40-19-34(20-40)9-12-39(13-10-34)17-28-7-6-27(18-47-28)43(50(45)46)41-21-35(22-41)11-14-48-35/h5,8,15-16,23-25,27-28,50H,6-7,9-14,17-22H2,1-4H3/t27-,28+/m1/s1. The van der Waals surface area contributed by atoms with Gasteiger partial charge in [0.2, 0.25) is 10.9 Å². The Labute approximate surface area is 295 Å². The van der Waals surface area contributed by atoms with Gasteiger partial charge in [0.1, 0.15) is 17.9 Å². The minimum absolute atomic E-state index is 0.0692. The van der Waals surface area contributed by atoms with Gasteiger partial charge in [0.25, 0.3) is 5.91 Å². The van der Waals surface area contributed by atoms with E-state index in [4.69, 9.17) is 14.2 Å². The zero-order valence-electron chi connectivity index (χ0n) is 29.5. The van der Waals surface area contributed by atoms with Crippen molar-refractivity contribution in [2.45, 2.75) is 89.6 Å². The van der Waals surface area contributed by atoms with Gasteiger partial charge in [0.15, 0.2) is 11.6 Å². The van der Waals surface area contributed by atoms with E-state index >= 15 is 0 Å². The minimum atomic E-state index is -2.72. The molecule has 5 fully saturated rings. The van der Waals surface area contributed by atoms with Crippen LogP contribution in [0.15, 0.2) is 30.7 Å². The largest absolute Gasteiger partial charge is 0.451 e. The van der Waals surface area contributed by atoms with Crippen LogP contribution in [0.1, 0.15) is 70.2 Å². The monoisotopic (exact) mass is 715 g/mol. The Morgan fingerprint density at radius 1 is 1.06 bits per heavy atom. The molecule has 5 aliphatic rings. The van der Waals surface area contributed by atoms with Crippen molar-refractivity contribution in [3.8, 4) is 11.5 Å². The molecule has 2 aromatic rings. The first kappa shape index (κ1) is 35.5. The average Bonchev–Trinajstić information content (AvgIpc) is 3.02. The minimum Gasteiger partial charge on any atom is -0.451 e. The number of hydrogen-bond acceptors (Lipinski definition) is 11. The molecule has 0 unspecified atom stereocenters. The van der Waals surface area contributed by atoms with Crippen molar-refractivity contribution in [3.63, 3.8) is 0 Å². The fourth-order valence-electron chi connectivity index (χ4n) is 8.42. The number of anilines is 1. The van der Waals surface area contributed by atoms with Gasteiger partial charge in [0, 0.05) is 56.6 Å². The molecule has 0 aliphatic carbocycles. The average molecular weight is 716 g/mol.